The van der Waals surface area contributed by atoms with Gasteiger partial charge in [-0.1, -0.05) is 46.4 Å². The Bertz CT molecular complexity index is 827. The van der Waals surface area contributed by atoms with Gasteiger partial charge in [0.1, 0.15) is 5.82 Å². The molecule has 0 fully saturated rings. The molecule has 0 aliphatic carbocycles. The van der Waals surface area contributed by atoms with Crippen molar-refractivity contribution in [2.75, 3.05) is 0 Å². The van der Waals surface area contributed by atoms with Crippen LogP contribution in [-0.4, -0.2) is 9.97 Å². The monoisotopic (exact) mass is 370 g/mol. The molecule has 0 amide bonds. The van der Waals surface area contributed by atoms with Gasteiger partial charge >= 0.3 is 0 Å². The van der Waals surface area contributed by atoms with E-state index in [2.05, 4.69) is 9.97 Å². The second-order valence-electron chi connectivity index (χ2n) is 4.77. The summed E-state index contributed by atoms with van der Waals surface area (Å²) in [6.07, 6.45) is 2.37. The average Bonchev–Trinajstić information content (AvgIpc) is 2.91. The molecular weight excluding hydrogens is 362 g/mol. The molecule has 0 saturated heterocycles. The zero-order valence-corrected chi connectivity index (χ0v) is 14.2. The predicted molar refractivity (Wildman–Crippen MR) is 93.3 cm³/mol. The van der Waals surface area contributed by atoms with Gasteiger partial charge in [0.2, 0.25) is 0 Å². The van der Waals surface area contributed by atoms with Crippen molar-refractivity contribution in [1.82, 2.24) is 9.97 Å². The van der Waals surface area contributed by atoms with Gasteiger partial charge in [0.15, 0.2) is 0 Å². The van der Waals surface area contributed by atoms with E-state index >= 15 is 0 Å². The van der Waals surface area contributed by atoms with Crippen LogP contribution in [0.1, 0.15) is 11.4 Å². The average molecular weight is 372 g/mol. The van der Waals surface area contributed by atoms with Gasteiger partial charge < -0.3 is 4.98 Å². The van der Waals surface area contributed by atoms with Crippen LogP contribution in [0.3, 0.4) is 0 Å². The quantitative estimate of drug-likeness (QED) is 0.576. The fourth-order valence-corrected chi connectivity index (χ4v) is 3.03. The largest absolute Gasteiger partial charge is 0.348 e. The Balaban J connectivity index is 1.89. The van der Waals surface area contributed by atoms with E-state index in [1.807, 2.05) is 18.3 Å². The molecule has 1 N–H and O–H groups in total. The lowest BCUT2D eigenvalue weighted by Gasteiger charge is -2.03. The summed E-state index contributed by atoms with van der Waals surface area (Å²) in [5.74, 6) is 0.783. The summed E-state index contributed by atoms with van der Waals surface area (Å²) in [6.45, 7) is 0. The molecule has 0 bridgehead atoms. The lowest BCUT2D eigenvalue weighted by Crippen LogP contribution is -1.92. The maximum atomic E-state index is 6.20. The highest BCUT2D eigenvalue weighted by Crippen LogP contribution is 2.30. The Labute approximate surface area is 148 Å². The SMILES string of the molecule is Clc1ccc(-c2c[nH]c(Cc3cc(Cl)ccc3Cl)n2)c(Cl)c1. The van der Waals surface area contributed by atoms with Gasteiger partial charge in [-0.05, 0) is 42.0 Å². The number of nitrogens with one attached hydrogen (secondary N) is 1. The molecule has 0 atom stereocenters. The second-order valence-corrected chi connectivity index (χ2v) is 6.46. The Hall–Kier alpha value is -1.19. The van der Waals surface area contributed by atoms with E-state index in [0.717, 1.165) is 22.6 Å². The zero-order valence-electron chi connectivity index (χ0n) is 11.2. The third-order valence-electron chi connectivity index (χ3n) is 3.20. The van der Waals surface area contributed by atoms with Crippen LogP contribution in [0.5, 0.6) is 0 Å². The van der Waals surface area contributed by atoms with Crippen molar-refractivity contribution in [1.29, 1.82) is 0 Å². The Morgan fingerprint density at radius 3 is 2.36 bits per heavy atom. The van der Waals surface area contributed by atoms with Crippen LogP contribution in [0.25, 0.3) is 11.3 Å². The maximum Gasteiger partial charge on any atom is 0.111 e. The molecule has 2 aromatic carbocycles. The molecule has 1 aromatic heterocycles. The zero-order chi connectivity index (χ0) is 15.7. The van der Waals surface area contributed by atoms with Gasteiger partial charge in [0.25, 0.3) is 0 Å². The molecule has 0 aliphatic rings. The number of hydrogen-bond acceptors (Lipinski definition) is 1. The van der Waals surface area contributed by atoms with E-state index in [4.69, 9.17) is 46.4 Å². The molecule has 22 heavy (non-hydrogen) atoms. The summed E-state index contributed by atoms with van der Waals surface area (Å²) >= 11 is 24.3. The van der Waals surface area contributed by atoms with Gasteiger partial charge in [-0.25, -0.2) is 4.98 Å². The van der Waals surface area contributed by atoms with E-state index in [0.29, 0.717) is 26.5 Å². The highest BCUT2D eigenvalue weighted by Gasteiger charge is 2.10. The molecule has 0 saturated carbocycles. The molecule has 3 aromatic rings. The van der Waals surface area contributed by atoms with Crippen molar-refractivity contribution in [3.63, 3.8) is 0 Å². The summed E-state index contributed by atoms with van der Waals surface area (Å²) in [7, 11) is 0. The van der Waals surface area contributed by atoms with Gasteiger partial charge in [-0.15, -0.1) is 0 Å². The number of aromatic amines is 1. The minimum atomic E-state index is 0.560. The first-order valence-electron chi connectivity index (χ1n) is 6.46. The Kier molecular flexibility index (Phi) is 4.65. The van der Waals surface area contributed by atoms with E-state index in [-0.39, 0.29) is 0 Å². The summed E-state index contributed by atoms with van der Waals surface area (Å²) < 4.78 is 0. The van der Waals surface area contributed by atoms with Crippen molar-refractivity contribution in [3.05, 3.63) is 74.1 Å². The number of nitrogens with zero attached hydrogens (tertiary/aromatic N) is 1. The Morgan fingerprint density at radius 1 is 0.864 bits per heavy atom. The van der Waals surface area contributed by atoms with E-state index in [1.54, 1.807) is 24.3 Å². The number of halogens is 4. The summed E-state index contributed by atoms with van der Waals surface area (Å²) in [4.78, 5) is 7.69. The summed E-state index contributed by atoms with van der Waals surface area (Å²) in [5.41, 5.74) is 2.50. The first-order valence-corrected chi connectivity index (χ1v) is 7.98. The number of rotatable bonds is 3. The third kappa shape index (κ3) is 3.41. The van der Waals surface area contributed by atoms with Crippen molar-refractivity contribution in [3.8, 4) is 11.3 Å². The fraction of sp³-hybridized carbons (Fsp3) is 0.0625. The minimum Gasteiger partial charge on any atom is -0.348 e. The topological polar surface area (TPSA) is 28.7 Å². The first-order chi connectivity index (χ1) is 10.5. The predicted octanol–water partition coefficient (Wildman–Crippen LogP) is 6.28. The Morgan fingerprint density at radius 2 is 1.59 bits per heavy atom. The molecule has 0 spiro atoms. The van der Waals surface area contributed by atoms with Crippen LogP contribution in [-0.2, 0) is 6.42 Å². The van der Waals surface area contributed by atoms with Gasteiger partial charge in [0, 0.05) is 33.2 Å². The van der Waals surface area contributed by atoms with Crippen LogP contribution in [0.2, 0.25) is 20.1 Å². The summed E-state index contributed by atoms with van der Waals surface area (Å²) in [6, 6.07) is 10.7. The smallest absolute Gasteiger partial charge is 0.111 e. The highest BCUT2D eigenvalue weighted by molar-refractivity contribution is 6.36. The van der Waals surface area contributed by atoms with Crippen LogP contribution >= 0.6 is 46.4 Å². The van der Waals surface area contributed by atoms with Gasteiger partial charge in [0.05, 0.1) is 10.7 Å². The number of benzene rings is 2. The minimum absolute atomic E-state index is 0.560. The van der Waals surface area contributed by atoms with Crippen molar-refractivity contribution < 1.29 is 0 Å². The standard InChI is InChI=1S/C16H10Cl4N2/c17-10-2-4-13(19)9(5-10)6-16-21-8-15(22-16)12-3-1-11(18)7-14(12)20/h1-5,7-8H,6H2,(H,21,22). The molecule has 112 valence electrons. The number of hydrogen-bond donors (Lipinski definition) is 1. The van der Waals surface area contributed by atoms with Crippen molar-refractivity contribution >= 4 is 46.4 Å². The van der Waals surface area contributed by atoms with Crippen molar-refractivity contribution in [2.24, 2.45) is 0 Å². The first kappa shape index (κ1) is 15.7. The normalized spacial score (nSPS) is 10.9. The molecule has 2 nitrogen and oxygen atoms in total. The lowest BCUT2D eigenvalue weighted by atomic mass is 10.1. The molecular formula is C16H10Cl4N2. The van der Waals surface area contributed by atoms with Crippen LogP contribution < -0.4 is 0 Å². The molecule has 0 aliphatic heterocycles. The summed E-state index contributed by atoms with van der Waals surface area (Å²) in [5, 5.41) is 2.46. The molecule has 0 unspecified atom stereocenters. The molecule has 0 radical (unpaired) electrons. The van der Waals surface area contributed by atoms with E-state index < -0.39 is 0 Å². The van der Waals surface area contributed by atoms with Crippen molar-refractivity contribution in [2.45, 2.75) is 6.42 Å². The van der Waals surface area contributed by atoms with E-state index in [9.17, 15) is 0 Å². The van der Waals surface area contributed by atoms with Crippen LogP contribution in [0.15, 0.2) is 42.6 Å². The molecule has 3 rings (SSSR count). The fourth-order valence-electron chi connectivity index (χ4n) is 2.15. The molecule has 6 heteroatoms. The third-order valence-corrected chi connectivity index (χ3v) is 4.36. The van der Waals surface area contributed by atoms with E-state index in [1.165, 1.54) is 0 Å². The maximum absolute atomic E-state index is 6.20. The van der Waals surface area contributed by atoms with Crippen LogP contribution in [0.4, 0.5) is 0 Å². The number of H-pyrrole nitrogens is 1. The lowest BCUT2D eigenvalue weighted by molar-refractivity contribution is 1.03. The van der Waals surface area contributed by atoms with Gasteiger partial charge in [-0.2, -0.15) is 0 Å². The molecule has 1 heterocycles. The number of aromatic nitrogens is 2. The van der Waals surface area contributed by atoms with Gasteiger partial charge in [-0.3, -0.25) is 0 Å². The van der Waals surface area contributed by atoms with Crippen LogP contribution in [0, 0.1) is 0 Å². The second kappa shape index (κ2) is 6.51. The highest BCUT2D eigenvalue weighted by atomic mass is 35.5. The number of imidazole rings is 1.